The Morgan fingerprint density at radius 1 is 1.09 bits per heavy atom. The van der Waals surface area contributed by atoms with E-state index in [4.69, 9.17) is 23.8 Å². The Balaban J connectivity index is 1.88. The predicted molar refractivity (Wildman–Crippen MR) is 97.2 cm³/mol. The summed E-state index contributed by atoms with van der Waals surface area (Å²) in [7, 11) is 0. The van der Waals surface area contributed by atoms with Gasteiger partial charge in [-0.25, -0.2) is 5.10 Å². The van der Waals surface area contributed by atoms with Crippen molar-refractivity contribution in [2.45, 2.75) is 0 Å². The van der Waals surface area contributed by atoms with Crippen LogP contribution in [0.25, 0.3) is 17.5 Å². The lowest BCUT2D eigenvalue weighted by atomic mass is 10.2. The van der Waals surface area contributed by atoms with Gasteiger partial charge in [-0.05, 0) is 36.0 Å². The zero-order chi connectivity index (χ0) is 16.1. The van der Waals surface area contributed by atoms with Crippen LogP contribution in [0.5, 0.6) is 0 Å². The molecule has 0 aliphatic rings. The molecule has 0 radical (unpaired) electrons. The molecule has 3 aromatic rings. The monoisotopic (exact) mass is 340 g/mol. The Morgan fingerprint density at radius 2 is 1.83 bits per heavy atom. The summed E-state index contributed by atoms with van der Waals surface area (Å²) >= 11 is 11.4. The lowest BCUT2D eigenvalue weighted by Gasteiger charge is -2.02. The first-order chi connectivity index (χ1) is 11.3. The van der Waals surface area contributed by atoms with E-state index in [0.29, 0.717) is 15.6 Å². The lowest BCUT2D eigenvalue weighted by molar-refractivity contribution is 0.872. The Kier molecular flexibility index (Phi) is 4.80. The number of hydrogen-bond donors (Lipinski definition) is 1. The zero-order valence-electron chi connectivity index (χ0n) is 12.1. The van der Waals surface area contributed by atoms with E-state index in [1.54, 1.807) is 17.0 Å². The molecular weight excluding hydrogens is 328 g/mol. The molecule has 1 heterocycles. The molecule has 0 saturated carbocycles. The maximum Gasteiger partial charge on any atom is 0.216 e. The quantitative estimate of drug-likeness (QED) is 0.547. The molecule has 6 heteroatoms. The maximum atomic E-state index is 6.21. The number of H-pyrrole nitrogens is 1. The van der Waals surface area contributed by atoms with E-state index in [-0.39, 0.29) is 0 Å². The minimum Gasteiger partial charge on any atom is -0.250 e. The van der Waals surface area contributed by atoms with E-state index in [9.17, 15) is 0 Å². The van der Waals surface area contributed by atoms with Crippen LogP contribution in [0.3, 0.4) is 0 Å². The molecule has 0 atom stereocenters. The third-order valence-electron chi connectivity index (χ3n) is 3.12. The van der Waals surface area contributed by atoms with Crippen LogP contribution >= 0.6 is 23.8 Å². The standard InChI is InChI=1S/C17H13ClN4S/c18-15-11-5-4-10-14(15)16-20-21-17(23)22(16)19-12-6-9-13-7-2-1-3-8-13/h1-12H,(H,21,23). The van der Waals surface area contributed by atoms with Crippen LogP contribution < -0.4 is 0 Å². The van der Waals surface area contributed by atoms with E-state index < -0.39 is 0 Å². The van der Waals surface area contributed by atoms with Crippen LogP contribution in [-0.2, 0) is 0 Å². The van der Waals surface area contributed by atoms with Crippen molar-refractivity contribution < 1.29 is 0 Å². The minimum atomic E-state index is 0.407. The summed E-state index contributed by atoms with van der Waals surface area (Å²) in [4.78, 5) is 0. The van der Waals surface area contributed by atoms with Crippen molar-refractivity contribution in [1.82, 2.24) is 14.9 Å². The van der Waals surface area contributed by atoms with Crippen molar-refractivity contribution in [3.05, 3.63) is 76.0 Å². The molecule has 0 saturated heterocycles. The molecule has 0 spiro atoms. The summed E-state index contributed by atoms with van der Waals surface area (Å²) in [6.07, 6.45) is 5.47. The van der Waals surface area contributed by atoms with Gasteiger partial charge >= 0.3 is 0 Å². The average Bonchev–Trinajstić information content (AvgIpc) is 2.94. The summed E-state index contributed by atoms with van der Waals surface area (Å²) in [6.45, 7) is 0. The van der Waals surface area contributed by atoms with Crippen LogP contribution in [0.4, 0.5) is 0 Å². The second kappa shape index (κ2) is 7.17. The van der Waals surface area contributed by atoms with Gasteiger partial charge in [0.1, 0.15) is 0 Å². The highest BCUT2D eigenvalue weighted by Crippen LogP contribution is 2.25. The first-order valence-electron chi connectivity index (χ1n) is 6.94. The molecule has 0 unspecified atom stereocenters. The van der Waals surface area contributed by atoms with Gasteiger partial charge in [-0.15, -0.1) is 0 Å². The molecule has 114 valence electrons. The van der Waals surface area contributed by atoms with E-state index in [1.165, 1.54) is 0 Å². The lowest BCUT2D eigenvalue weighted by Crippen LogP contribution is -1.94. The smallest absolute Gasteiger partial charge is 0.216 e. The minimum absolute atomic E-state index is 0.407. The number of hydrogen-bond acceptors (Lipinski definition) is 3. The van der Waals surface area contributed by atoms with Crippen LogP contribution in [-0.4, -0.2) is 21.1 Å². The molecular formula is C17H13ClN4S. The fourth-order valence-electron chi connectivity index (χ4n) is 2.04. The first kappa shape index (κ1) is 15.4. The van der Waals surface area contributed by atoms with Gasteiger partial charge in [-0.3, -0.25) is 0 Å². The largest absolute Gasteiger partial charge is 0.250 e. The van der Waals surface area contributed by atoms with Crippen LogP contribution in [0.2, 0.25) is 5.02 Å². The number of nitrogens with one attached hydrogen (secondary N) is 1. The van der Waals surface area contributed by atoms with Gasteiger partial charge < -0.3 is 0 Å². The normalized spacial score (nSPS) is 11.5. The van der Waals surface area contributed by atoms with E-state index in [1.807, 2.05) is 60.7 Å². The van der Waals surface area contributed by atoms with Gasteiger partial charge in [0.25, 0.3) is 0 Å². The Bertz CT molecular complexity index is 910. The van der Waals surface area contributed by atoms with Gasteiger partial charge in [-0.1, -0.05) is 60.1 Å². The number of allylic oxidation sites excluding steroid dienone is 1. The van der Waals surface area contributed by atoms with E-state index in [2.05, 4.69) is 15.3 Å². The molecule has 2 aromatic carbocycles. The van der Waals surface area contributed by atoms with Gasteiger partial charge in [0, 0.05) is 11.8 Å². The molecule has 4 nitrogen and oxygen atoms in total. The number of nitrogens with zero attached hydrogens (tertiary/aromatic N) is 3. The summed E-state index contributed by atoms with van der Waals surface area (Å²) in [5, 5.41) is 11.9. The summed E-state index contributed by atoms with van der Waals surface area (Å²) in [5.74, 6) is 0.574. The molecule has 0 amide bonds. The van der Waals surface area contributed by atoms with Crippen LogP contribution in [0, 0.1) is 4.77 Å². The number of halogens is 1. The van der Waals surface area contributed by atoms with Gasteiger partial charge in [-0.2, -0.15) is 14.9 Å². The van der Waals surface area contributed by atoms with Crippen molar-refractivity contribution in [2.24, 2.45) is 5.10 Å². The number of aromatic nitrogens is 3. The van der Waals surface area contributed by atoms with Crippen LogP contribution in [0.15, 0.2) is 65.8 Å². The second-order valence-corrected chi connectivity index (χ2v) is 5.47. The second-order valence-electron chi connectivity index (χ2n) is 4.68. The third kappa shape index (κ3) is 3.64. The Morgan fingerprint density at radius 3 is 2.61 bits per heavy atom. The molecule has 3 rings (SSSR count). The average molecular weight is 341 g/mol. The molecule has 1 N–H and O–H groups in total. The molecule has 0 aliphatic carbocycles. The van der Waals surface area contributed by atoms with E-state index >= 15 is 0 Å². The van der Waals surface area contributed by atoms with Crippen molar-refractivity contribution >= 4 is 36.1 Å². The molecule has 0 aliphatic heterocycles. The third-order valence-corrected chi connectivity index (χ3v) is 3.72. The highest BCUT2D eigenvalue weighted by molar-refractivity contribution is 7.71. The van der Waals surface area contributed by atoms with E-state index in [0.717, 1.165) is 11.1 Å². The molecule has 0 fully saturated rings. The number of rotatable bonds is 4. The van der Waals surface area contributed by atoms with Crippen molar-refractivity contribution in [3.8, 4) is 11.4 Å². The summed E-state index contributed by atoms with van der Waals surface area (Å²) < 4.78 is 1.95. The Hall–Kier alpha value is -2.50. The van der Waals surface area contributed by atoms with Gasteiger partial charge in [0.2, 0.25) is 4.77 Å². The fourth-order valence-corrected chi connectivity index (χ4v) is 2.44. The van der Waals surface area contributed by atoms with Crippen molar-refractivity contribution in [3.63, 3.8) is 0 Å². The predicted octanol–water partition coefficient (Wildman–Crippen LogP) is 4.81. The highest BCUT2D eigenvalue weighted by atomic mass is 35.5. The summed E-state index contributed by atoms with van der Waals surface area (Å²) in [5.41, 5.74) is 1.87. The molecule has 23 heavy (non-hydrogen) atoms. The first-order valence-corrected chi connectivity index (χ1v) is 7.73. The highest BCUT2D eigenvalue weighted by Gasteiger charge is 2.10. The van der Waals surface area contributed by atoms with Crippen LogP contribution in [0.1, 0.15) is 5.56 Å². The SMILES string of the molecule is S=c1[nH]nc(-c2ccccc2Cl)n1N=CC=Cc1ccccc1. The summed E-state index contributed by atoms with van der Waals surface area (Å²) in [6, 6.07) is 17.4. The molecule has 0 bridgehead atoms. The maximum absolute atomic E-state index is 6.21. The number of aromatic amines is 1. The van der Waals surface area contributed by atoms with Crippen molar-refractivity contribution in [2.75, 3.05) is 0 Å². The fraction of sp³-hybridized carbons (Fsp3) is 0. The topological polar surface area (TPSA) is 46.0 Å². The van der Waals surface area contributed by atoms with Crippen molar-refractivity contribution in [1.29, 1.82) is 0 Å². The Labute approximate surface area is 143 Å². The number of benzene rings is 2. The molecule has 1 aromatic heterocycles. The van der Waals surface area contributed by atoms with Gasteiger partial charge in [0.05, 0.1) is 5.02 Å². The van der Waals surface area contributed by atoms with Gasteiger partial charge in [0.15, 0.2) is 5.82 Å². The zero-order valence-corrected chi connectivity index (χ0v) is 13.6.